The average Bonchev–Trinajstić information content (AvgIpc) is 1.65. The van der Waals surface area contributed by atoms with Crippen molar-refractivity contribution in [1.29, 1.82) is 0 Å². The first-order valence-electron chi connectivity index (χ1n) is 3.07. The summed E-state index contributed by atoms with van der Waals surface area (Å²) in [6.45, 7) is 2.14. The lowest BCUT2D eigenvalue weighted by Gasteiger charge is -2.13. The predicted octanol–water partition coefficient (Wildman–Crippen LogP) is -0.673. The molecule has 0 amide bonds. The van der Waals surface area contributed by atoms with Crippen molar-refractivity contribution in [2.75, 3.05) is 14.1 Å². The Hall–Kier alpha value is 0.137. The molecule has 0 saturated carbocycles. The van der Waals surface area contributed by atoms with Crippen LogP contribution in [0.5, 0.6) is 0 Å². The molecule has 3 heteroatoms. The molecule has 2 N–H and O–H groups in total. The van der Waals surface area contributed by atoms with Gasteiger partial charge in [-0.3, -0.25) is 0 Å². The highest BCUT2D eigenvalue weighted by Gasteiger charge is 1.99. The SMILES string of the molecule is CCC(N)[SiH2]N(C)C. The minimum atomic E-state index is -0.118. The maximum absolute atomic E-state index is 5.69. The molecule has 8 heavy (non-hydrogen) atoms. The van der Waals surface area contributed by atoms with Gasteiger partial charge < -0.3 is 10.3 Å². The Bertz CT molecular complexity index is 56.4. The van der Waals surface area contributed by atoms with E-state index in [0.717, 1.165) is 6.42 Å². The smallest absolute Gasteiger partial charge is 0.111 e. The second-order valence-corrected chi connectivity index (χ2v) is 5.11. The van der Waals surface area contributed by atoms with Gasteiger partial charge in [-0.05, 0) is 20.5 Å². The molecule has 0 aromatic heterocycles. The summed E-state index contributed by atoms with van der Waals surface area (Å²) in [6.07, 6.45) is 1.13. The summed E-state index contributed by atoms with van der Waals surface area (Å²) in [5.74, 6) is 0. The van der Waals surface area contributed by atoms with Crippen LogP contribution in [-0.2, 0) is 0 Å². The molecule has 0 aromatic carbocycles. The van der Waals surface area contributed by atoms with Gasteiger partial charge in [0.05, 0.1) is 0 Å². The van der Waals surface area contributed by atoms with Crippen molar-refractivity contribution in [3.63, 3.8) is 0 Å². The maximum Gasteiger partial charge on any atom is 0.111 e. The number of hydrogen-bond acceptors (Lipinski definition) is 2. The zero-order chi connectivity index (χ0) is 6.57. The van der Waals surface area contributed by atoms with Crippen LogP contribution in [0.3, 0.4) is 0 Å². The van der Waals surface area contributed by atoms with Gasteiger partial charge in [0.2, 0.25) is 0 Å². The minimum absolute atomic E-state index is 0.118. The highest BCUT2D eigenvalue weighted by molar-refractivity contribution is 6.33. The van der Waals surface area contributed by atoms with Gasteiger partial charge >= 0.3 is 0 Å². The van der Waals surface area contributed by atoms with Gasteiger partial charge in [-0.2, -0.15) is 0 Å². The monoisotopic (exact) mass is 132 g/mol. The van der Waals surface area contributed by atoms with Crippen LogP contribution in [0.2, 0.25) is 0 Å². The van der Waals surface area contributed by atoms with Crippen molar-refractivity contribution in [2.45, 2.75) is 19.0 Å². The quantitative estimate of drug-likeness (QED) is 0.516. The molecule has 0 fully saturated rings. The molecule has 1 atom stereocenters. The van der Waals surface area contributed by atoms with Crippen molar-refractivity contribution >= 4 is 9.68 Å². The van der Waals surface area contributed by atoms with Crippen molar-refractivity contribution in [2.24, 2.45) is 5.73 Å². The number of hydrogen-bond donors (Lipinski definition) is 1. The average molecular weight is 132 g/mol. The first-order valence-corrected chi connectivity index (χ1v) is 4.52. The Kier molecular flexibility index (Phi) is 4.13. The third-order valence-corrected chi connectivity index (χ3v) is 2.90. The van der Waals surface area contributed by atoms with E-state index in [-0.39, 0.29) is 9.68 Å². The van der Waals surface area contributed by atoms with Crippen molar-refractivity contribution in [1.82, 2.24) is 4.57 Å². The summed E-state index contributed by atoms with van der Waals surface area (Å²) in [7, 11) is 4.08. The molecule has 0 spiro atoms. The van der Waals surface area contributed by atoms with E-state index < -0.39 is 0 Å². The third kappa shape index (κ3) is 4.30. The normalized spacial score (nSPS) is 16.1. The molecular weight excluding hydrogens is 116 g/mol. The lowest BCUT2D eigenvalue weighted by molar-refractivity contribution is 0.632. The fraction of sp³-hybridized carbons (Fsp3) is 1.00. The van der Waals surface area contributed by atoms with E-state index in [1.54, 1.807) is 0 Å². The lowest BCUT2D eigenvalue weighted by atomic mass is 10.5. The zero-order valence-corrected chi connectivity index (χ0v) is 7.43. The second-order valence-electron chi connectivity index (χ2n) is 2.43. The molecule has 1 unspecified atom stereocenters. The molecule has 0 aliphatic carbocycles. The van der Waals surface area contributed by atoms with Gasteiger partial charge in [0.1, 0.15) is 9.68 Å². The van der Waals surface area contributed by atoms with Crippen LogP contribution in [-0.4, -0.2) is 34.0 Å². The Labute approximate surface area is 54.0 Å². The molecule has 0 heterocycles. The summed E-state index contributed by atoms with van der Waals surface area (Å²) < 4.78 is 2.24. The topological polar surface area (TPSA) is 29.3 Å². The van der Waals surface area contributed by atoms with Crippen LogP contribution >= 0.6 is 0 Å². The van der Waals surface area contributed by atoms with Crippen LogP contribution in [0.4, 0.5) is 0 Å². The Morgan fingerprint density at radius 1 is 1.62 bits per heavy atom. The standard InChI is InChI=1S/C5H16N2Si/c1-4-5(6)8-7(2)3/h5H,4,6,8H2,1-3H3. The molecule has 50 valence electrons. The predicted molar refractivity (Wildman–Crippen MR) is 40.5 cm³/mol. The lowest BCUT2D eigenvalue weighted by Crippen LogP contribution is -2.36. The van der Waals surface area contributed by atoms with Gasteiger partial charge in [0.15, 0.2) is 0 Å². The highest BCUT2D eigenvalue weighted by atomic mass is 28.2. The first-order chi connectivity index (χ1) is 3.66. The Morgan fingerprint density at radius 3 is 2.25 bits per heavy atom. The zero-order valence-electron chi connectivity index (χ0n) is 6.02. The Balaban J connectivity index is 3.10. The van der Waals surface area contributed by atoms with Crippen LogP contribution in [0.1, 0.15) is 13.3 Å². The molecule has 0 aliphatic rings. The summed E-state index contributed by atoms with van der Waals surface area (Å²) >= 11 is 0. The second kappa shape index (κ2) is 4.06. The van der Waals surface area contributed by atoms with Crippen LogP contribution in [0.25, 0.3) is 0 Å². The van der Waals surface area contributed by atoms with Gasteiger partial charge in [0.25, 0.3) is 0 Å². The third-order valence-electron chi connectivity index (χ3n) is 1.12. The molecule has 0 rings (SSSR count). The number of nitrogens with zero attached hydrogens (tertiary/aromatic N) is 1. The first kappa shape index (κ1) is 8.14. The Morgan fingerprint density at radius 2 is 2.12 bits per heavy atom. The number of nitrogens with two attached hydrogens (primary N) is 1. The van der Waals surface area contributed by atoms with Gasteiger partial charge in [-0.25, -0.2) is 0 Å². The molecule has 0 aromatic rings. The highest BCUT2D eigenvalue weighted by Crippen LogP contribution is 1.83. The van der Waals surface area contributed by atoms with Crippen molar-refractivity contribution < 1.29 is 0 Å². The summed E-state index contributed by atoms with van der Waals surface area (Å²) in [4.78, 5) is 0. The van der Waals surface area contributed by atoms with Crippen molar-refractivity contribution in [3.8, 4) is 0 Å². The van der Waals surface area contributed by atoms with E-state index in [1.165, 1.54) is 0 Å². The minimum Gasteiger partial charge on any atom is -0.333 e. The van der Waals surface area contributed by atoms with Crippen LogP contribution < -0.4 is 5.73 Å². The summed E-state index contributed by atoms with van der Waals surface area (Å²) in [6, 6.07) is 0. The van der Waals surface area contributed by atoms with Crippen molar-refractivity contribution in [3.05, 3.63) is 0 Å². The molecule has 0 bridgehead atoms. The number of rotatable bonds is 3. The van der Waals surface area contributed by atoms with E-state index in [2.05, 4.69) is 25.6 Å². The van der Waals surface area contributed by atoms with E-state index >= 15 is 0 Å². The molecule has 0 saturated heterocycles. The summed E-state index contributed by atoms with van der Waals surface area (Å²) in [5.41, 5.74) is 6.18. The van der Waals surface area contributed by atoms with E-state index in [9.17, 15) is 0 Å². The molecular formula is C5H16N2Si. The van der Waals surface area contributed by atoms with Crippen LogP contribution in [0, 0.1) is 0 Å². The summed E-state index contributed by atoms with van der Waals surface area (Å²) in [5, 5.41) is 0. The molecule has 0 radical (unpaired) electrons. The molecule has 2 nitrogen and oxygen atoms in total. The fourth-order valence-electron chi connectivity index (χ4n) is 0.598. The maximum atomic E-state index is 5.69. The van der Waals surface area contributed by atoms with Gasteiger partial charge in [0, 0.05) is 5.67 Å². The van der Waals surface area contributed by atoms with Gasteiger partial charge in [-0.1, -0.05) is 6.92 Å². The molecule has 0 aliphatic heterocycles. The van der Waals surface area contributed by atoms with E-state index in [4.69, 9.17) is 5.73 Å². The van der Waals surface area contributed by atoms with E-state index in [0.29, 0.717) is 5.67 Å². The fourth-order valence-corrected chi connectivity index (χ4v) is 1.79. The van der Waals surface area contributed by atoms with Crippen LogP contribution in [0.15, 0.2) is 0 Å². The van der Waals surface area contributed by atoms with E-state index in [1.807, 2.05) is 0 Å². The largest absolute Gasteiger partial charge is 0.333 e. The van der Waals surface area contributed by atoms with Gasteiger partial charge in [-0.15, -0.1) is 0 Å².